The molecule has 0 N–H and O–H groups in total. The Morgan fingerprint density at radius 2 is 2.27 bits per heavy atom. The smallest absolute Gasteiger partial charge is 0.410 e. The minimum atomic E-state index is -0.436. The van der Waals surface area contributed by atoms with Crippen LogP contribution in [0.25, 0.3) is 4.85 Å². The van der Waals surface area contributed by atoms with Crippen molar-refractivity contribution in [2.24, 2.45) is 5.92 Å². The van der Waals surface area contributed by atoms with Crippen LogP contribution in [0.2, 0.25) is 0 Å². The van der Waals surface area contributed by atoms with Gasteiger partial charge in [-0.15, -0.1) is 0 Å². The van der Waals surface area contributed by atoms with Crippen molar-refractivity contribution in [3.63, 3.8) is 0 Å². The molecule has 1 unspecified atom stereocenters. The molecule has 15 heavy (non-hydrogen) atoms. The van der Waals surface area contributed by atoms with Gasteiger partial charge in [-0.25, -0.2) is 11.4 Å². The van der Waals surface area contributed by atoms with E-state index in [0.29, 0.717) is 19.0 Å². The van der Waals surface area contributed by atoms with E-state index in [2.05, 4.69) is 4.85 Å². The number of rotatable bonds is 1. The third-order valence-electron chi connectivity index (χ3n) is 2.29. The molecule has 4 heteroatoms. The molecule has 0 bridgehead atoms. The van der Waals surface area contributed by atoms with Crippen LogP contribution in [-0.4, -0.2) is 36.2 Å². The Morgan fingerprint density at radius 3 is 2.80 bits per heavy atom. The Hall–Kier alpha value is -1.24. The molecule has 0 aliphatic carbocycles. The summed E-state index contributed by atoms with van der Waals surface area (Å²) in [4.78, 5) is 16.7. The molecule has 0 aromatic rings. The molecule has 0 aromatic heterocycles. The summed E-state index contributed by atoms with van der Waals surface area (Å²) in [5.41, 5.74) is -0.436. The summed E-state index contributed by atoms with van der Waals surface area (Å²) < 4.78 is 5.26. The molecule has 1 aliphatic heterocycles. The van der Waals surface area contributed by atoms with E-state index in [4.69, 9.17) is 11.3 Å². The number of hydrogen-bond acceptors (Lipinski definition) is 2. The predicted molar refractivity (Wildman–Crippen MR) is 57.4 cm³/mol. The van der Waals surface area contributed by atoms with Gasteiger partial charge in [0.1, 0.15) is 5.60 Å². The van der Waals surface area contributed by atoms with E-state index in [1.807, 2.05) is 20.8 Å². The van der Waals surface area contributed by atoms with Gasteiger partial charge in [-0.05, 0) is 27.2 Å². The highest BCUT2D eigenvalue weighted by Gasteiger charge is 2.30. The summed E-state index contributed by atoms with van der Waals surface area (Å²) in [5.74, 6) is 0.329. The Morgan fingerprint density at radius 1 is 1.60 bits per heavy atom. The number of hydrogen-bond donors (Lipinski definition) is 0. The van der Waals surface area contributed by atoms with Crippen molar-refractivity contribution in [1.82, 2.24) is 4.90 Å². The van der Waals surface area contributed by atoms with Gasteiger partial charge in [0.05, 0.1) is 5.92 Å². The summed E-state index contributed by atoms with van der Waals surface area (Å²) in [6, 6.07) is 0. The summed E-state index contributed by atoms with van der Waals surface area (Å²) in [7, 11) is 0. The van der Waals surface area contributed by atoms with Crippen LogP contribution in [-0.2, 0) is 4.74 Å². The Balaban J connectivity index is 2.41. The molecule has 1 atom stereocenters. The average molecular weight is 210 g/mol. The van der Waals surface area contributed by atoms with Crippen molar-refractivity contribution in [2.75, 3.05) is 19.6 Å². The quantitative estimate of drug-likeness (QED) is 0.621. The van der Waals surface area contributed by atoms with Crippen LogP contribution in [0.15, 0.2) is 0 Å². The first-order valence-corrected chi connectivity index (χ1v) is 5.23. The van der Waals surface area contributed by atoms with Crippen molar-refractivity contribution >= 4 is 6.09 Å². The SMILES string of the molecule is [C-]#[N+]CC1CCN(C(=O)OC(C)(C)C)C1. The molecule has 84 valence electrons. The zero-order valence-electron chi connectivity index (χ0n) is 9.62. The van der Waals surface area contributed by atoms with Gasteiger partial charge in [0, 0.05) is 13.1 Å². The number of carbonyl (C=O) groups excluding carboxylic acids is 1. The highest BCUT2D eigenvalue weighted by molar-refractivity contribution is 5.68. The molecule has 4 nitrogen and oxygen atoms in total. The second kappa shape index (κ2) is 4.52. The Bertz CT molecular complexity index is 275. The minimum absolute atomic E-state index is 0.255. The summed E-state index contributed by atoms with van der Waals surface area (Å²) in [5, 5.41) is 0. The summed E-state index contributed by atoms with van der Waals surface area (Å²) >= 11 is 0. The third kappa shape index (κ3) is 3.78. The zero-order valence-corrected chi connectivity index (χ0v) is 9.62. The van der Waals surface area contributed by atoms with Gasteiger partial charge >= 0.3 is 6.09 Å². The van der Waals surface area contributed by atoms with E-state index in [1.54, 1.807) is 4.90 Å². The van der Waals surface area contributed by atoms with Crippen molar-refractivity contribution in [3.8, 4) is 0 Å². The van der Waals surface area contributed by atoms with Gasteiger partial charge in [-0.2, -0.15) is 0 Å². The monoisotopic (exact) mass is 210 g/mol. The Kier molecular flexibility index (Phi) is 3.57. The molecular formula is C11H18N2O2. The molecule has 0 saturated carbocycles. The molecule has 1 saturated heterocycles. The van der Waals surface area contributed by atoms with Crippen LogP contribution in [0.3, 0.4) is 0 Å². The van der Waals surface area contributed by atoms with Crippen LogP contribution in [0, 0.1) is 12.5 Å². The lowest BCUT2D eigenvalue weighted by Gasteiger charge is -2.24. The number of nitrogens with zero attached hydrogens (tertiary/aromatic N) is 2. The van der Waals surface area contributed by atoms with Gasteiger partial charge in [0.2, 0.25) is 6.54 Å². The Labute approximate surface area is 91.0 Å². The molecule has 1 rings (SSSR count). The topological polar surface area (TPSA) is 33.9 Å². The van der Waals surface area contributed by atoms with Crippen LogP contribution in [0.1, 0.15) is 27.2 Å². The van der Waals surface area contributed by atoms with E-state index in [0.717, 1.165) is 13.0 Å². The third-order valence-corrected chi connectivity index (χ3v) is 2.29. The van der Waals surface area contributed by atoms with Crippen LogP contribution < -0.4 is 0 Å². The maximum Gasteiger partial charge on any atom is 0.410 e. The second-order valence-electron chi connectivity index (χ2n) is 4.92. The van der Waals surface area contributed by atoms with E-state index in [-0.39, 0.29) is 6.09 Å². The number of amides is 1. The maximum atomic E-state index is 11.6. The first kappa shape index (κ1) is 11.8. The van der Waals surface area contributed by atoms with Gasteiger partial charge in [0.25, 0.3) is 0 Å². The number of ether oxygens (including phenoxy) is 1. The fourth-order valence-corrected chi connectivity index (χ4v) is 1.60. The van der Waals surface area contributed by atoms with Gasteiger partial charge in [-0.3, -0.25) is 0 Å². The molecule has 0 radical (unpaired) electrons. The van der Waals surface area contributed by atoms with Gasteiger partial charge in [-0.1, -0.05) is 0 Å². The molecule has 1 aliphatic rings. The predicted octanol–water partition coefficient (Wildman–Crippen LogP) is 2.16. The van der Waals surface area contributed by atoms with Crippen molar-refractivity contribution < 1.29 is 9.53 Å². The standard InChI is InChI=1S/C11H18N2O2/c1-11(2,3)15-10(14)13-6-5-9(8-13)7-12-4/h9H,5-8H2,1-3H3. The van der Waals surface area contributed by atoms with E-state index in [1.165, 1.54) is 0 Å². The largest absolute Gasteiger partial charge is 0.444 e. The van der Waals surface area contributed by atoms with Gasteiger partial charge < -0.3 is 14.5 Å². The maximum absolute atomic E-state index is 11.6. The fraction of sp³-hybridized carbons (Fsp3) is 0.818. The number of carbonyl (C=O) groups is 1. The van der Waals surface area contributed by atoms with E-state index < -0.39 is 5.60 Å². The normalized spacial score (nSPS) is 21.2. The average Bonchev–Trinajstić information content (AvgIpc) is 2.50. The summed E-state index contributed by atoms with van der Waals surface area (Å²) in [6.45, 7) is 14.2. The molecule has 1 fully saturated rings. The summed E-state index contributed by atoms with van der Waals surface area (Å²) in [6.07, 6.45) is 0.664. The van der Waals surface area contributed by atoms with Gasteiger partial charge in [0.15, 0.2) is 0 Å². The lowest BCUT2D eigenvalue weighted by Crippen LogP contribution is -2.35. The minimum Gasteiger partial charge on any atom is -0.444 e. The molecule has 1 amide bonds. The first-order valence-electron chi connectivity index (χ1n) is 5.23. The fourth-order valence-electron chi connectivity index (χ4n) is 1.60. The highest BCUT2D eigenvalue weighted by atomic mass is 16.6. The lowest BCUT2D eigenvalue weighted by molar-refractivity contribution is 0.0289. The van der Waals surface area contributed by atoms with Crippen molar-refractivity contribution in [1.29, 1.82) is 0 Å². The molecule has 0 spiro atoms. The van der Waals surface area contributed by atoms with E-state index in [9.17, 15) is 4.79 Å². The van der Waals surface area contributed by atoms with Crippen molar-refractivity contribution in [3.05, 3.63) is 11.4 Å². The van der Waals surface area contributed by atoms with Crippen molar-refractivity contribution in [2.45, 2.75) is 32.8 Å². The highest BCUT2D eigenvalue weighted by Crippen LogP contribution is 2.19. The van der Waals surface area contributed by atoms with Crippen LogP contribution >= 0.6 is 0 Å². The number of likely N-dealkylation sites (tertiary alicyclic amines) is 1. The molecular weight excluding hydrogens is 192 g/mol. The lowest BCUT2D eigenvalue weighted by atomic mass is 10.1. The molecule has 1 heterocycles. The van der Waals surface area contributed by atoms with Crippen LogP contribution in [0.5, 0.6) is 0 Å². The second-order valence-corrected chi connectivity index (χ2v) is 4.92. The first-order chi connectivity index (χ1) is 6.92. The van der Waals surface area contributed by atoms with Crippen LogP contribution in [0.4, 0.5) is 4.79 Å². The zero-order chi connectivity index (χ0) is 11.5. The molecule has 0 aromatic carbocycles. The van der Waals surface area contributed by atoms with E-state index >= 15 is 0 Å².